The maximum absolute atomic E-state index is 12.4. The lowest BCUT2D eigenvalue weighted by atomic mass is 9.90. The van der Waals surface area contributed by atoms with Crippen LogP contribution in [0.25, 0.3) is 33.4 Å². The lowest BCUT2D eigenvalue weighted by molar-refractivity contribution is 0.0697. The third-order valence-electron chi connectivity index (χ3n) is 13.3. The molecule has 0 amide bonds. The van der Waals surface area contributed by atoms with Crippen LogP contribution < -0.4 is 10.3 Å². The topological polar surface area (TPSA) is 66.0 Å². The lowest BCUT2D eigenvalue weighted by Crippen LogP contribution is -2.25. The van der Waals surface area contributed by atoms with Gasteiger partial charge in [0.1, 0.15) is 11.3 Å². The highest BCUT2D eigenvalue weighted by molar-refractivity contribution is 6.07. The van der Waals surface area contributed by atoms with Gasteiger partial charge in [-0.15, -0.1) is 0 Å². The minimum absolute atomic E-state index is 0.295. The van der Waals surface area contributed by atoms with E-state index in [9.17, 15) is 9.90 Å². The van der Waals surface area contributed by atoms with Crippen molar-refractivity contribution in [3.63, 3.8) is 0 Å². The van der Waals surface area contributed by atoms with Crippen molar-refractivity contribution in [1.82, 2.24) is 0 Å². The number of carbonyl (C=O) groups is 1. The van der Waals surface area contributed by atoms with Crippen LogP contribution in [0.5, 0.6) is 0 Å². The average molecular weight is 849 g/mol. The normalized spacial score (nSPS) is 12.0. The molecule has 0 spiro atoms. The van der Waals surface area contributed by atoms with Gasteiger partial charge in [-0.3, -0.25) is 4.99 Å². The number of unbranched alkanes of at least 4 members (excludes halogenated alkanes) is 30. The zero-order valence-electron chi connectivity index (χ0n) is 40.0. The largest absolute Gasteiger partial charge is 0.478 e. The molecule has 2 aliphatic rings. The van der Waals surface area contributed by atoms with E-state index in [1.165, 1.54) is 211 Å². The summed E-state index contributed by atoms with van der Waals surface area (Å²) in [6.45, 7) is 6.69. The molecule has 1 aliphatic carbocycles. The second-order valence-electron chi connectivity index (χ2n) is 18.5. The zero-order chi connectivity index (χ0) is 43.9. The summed E-state index contributed by atoms with van der Waals surface area (Å²) in [6.07, 6.45) is 44.1. The summed E-state index contributed by atoms with van der Waals surface area (Å²) in [5.41, 5.74) is 4.76. The van der Waals surface area contributed by atoms with Gasteiger partial charge in [0.2, 0.25) is 0 Å². The van der Waals surface area contributed by atoms with Gasteiger partial charge in [-0.25, -0.2) is 4.79 Å². The fraction of sp³-hybridized carbons (Fsp3) is 0.649. The fourth-order valence-electron chi connectivity index (χ4n) is 9.45. The maximum Gasteiger partial charge on any atom is 0.336 e. The average Bonchev–Trinajstić information content (AvgIpc) is 3.29. The van der Waals surface area contributed by atoms with Crippen LogP contribution in [0.2, 0.25) is 0 Å². The van der Waals surface area contributed by atoms with Crippen molar-refractivity contribution in [1.29, 1.82) is 0 Å². The van der Waals surface area contributed by atoms with Gasteiger partial charge in [-0.05, 0) is 48.7 Å². The van der Waals surface area contributed by atoms with Crippen LogP contribution in [0.15, 0.2) is 70.1 Å². The number of rotatable bonds is 37. The quantitative estimate of drug-likeness (QED) is 0.0363. The minimum atomic E-state index is -0.928. The summed E-state index contributed by atoms with van der Waals surface area (Å²) in [6, 6.07) is 19.9. The van der Waals surface area contributed by atoms with Crippen molar-refractivity contribution in [2.75, 3.05) is 25.0 Å². The van der Waals surface area contributed by atoms with Gasteiger partial charge in [0.15, 0.2) is 0 Å². The Morgan fingerprint density at radius 3 is 1.39 bits per heavy atom. The Hall–Kier alpha value is -3.60. The molecule has 0 saturated carbocycles. The van der Waals surface area contributed by atoms with E-state index in [1.807, 2.05) is 30.3 Å². The minimum Gasteiger partial charge on any atom is -0.478 e. The highest BCUT2D eigenvalue weighted by Gasteiger charge is 2.22. The van der Waals surface area contributed by atoms with Crippen molar-refractivity contribution in [3.8, 4) is 22.5 Å². The van der Waals surface area contributed by atoms with Crippen molar-refractivity contribution in [3.05, 3.63) is 71.6 Å². The van der Waals surface area contributed by atoms with E-state index in [0.717, 1.165) is 46.3 Å². The van der Waals surface area contributed by atoms with E-state index < -0.39 is 5.97 Å². The molecule has 0 bridgehead atoms. The van der Waals surface area contributed by atoms with Crippen LogP contribution in [0.3, 0.4) is 0 Å². The Morgan fingerprint density at radius 1 is 0.516 bits per heavy atom. The van der Waals surface area contributed by atoms with E-state index in [-0.39, 0.29) is 0 Å². The SMILES string of the molecule is CCCCCCCCCCCCCCCCCCN(CCCCCCCCCCCCCCCCCC)c1ccc2c(-c3ccccc3C(=O)O)c3ccc(=NC)cc-3oc2c1. The number of fused-ring (bicyclic) bond motifs is 2. The van der Waals surface area contributed by atoms with Gasteiger partial charge in [0.25, 0.3) is 0 Å². The number of carboxylic acid groups (broad SMARTS) is 1. The second-order valence-corrected chi connectivity index (χ2v) is 18.5. The first-order chi connectivity index (χ1) is 30.6. The van der Waals surface area contributed by atoms with Gasteiger partial charge in [0.05, 0.1) is 10.9 Å². The number of carboxylic acids is 1. The summed E-state index contributed by atoms with van der Waals surface area (Å²) in [5, 5.41) is 12.0. The molecule has 344 valence electrons. The molecular weight excluding hydrogens is 761 g/mol. The summed E-state index contributed by atoms with van der Waals surface area (Å²) >= 11 is 0. The van der Waals surface area contributed by atoms with Crippen LogP contribution in [0, 0.1) is 0 Å². The molecule has 2 aromatic carbocycles. The fourth-order valence-corrected chi connectivity index (χ4v) is 9.45. The van der Waals surface area contributed by atoms with Crippen molar-refractivity contribution >= 4 is 22.6 Å². The molecule has 0 atom stereocenters. The predicted molar refractivity (Wildman–Crippen MR) is 268 cm³/mol. The van der Waals surface area contributed by atoms with Gasteiger partial charge < -0.3 is 14.4 Å². The second kappa shape index (κ2) is 32.1. The molecular formula is C57H88N2O3. The summed E-state index contributed by atoms with van der Waals surface area (Å²) < 4.78 is 6.68. The van der Waals surface area contributed by atoms with E-state index in [4.69, 9.17) is 4.42 Å². The third-order valence-corrected chi connectivity index (χ3v) is 13.3. The van der Waals surface area contributed by atoms with Crippen LogP contribution in [-0.2, 0) is 0 Å². The Bertz CT molecular complexity index is 1770. The lowest BCUT2D eigenvalue weighted by Gasteiger charge is -2.26. The molecule has 5 nitrogen and oxygen atoms in total. The van der Waals surface area contributed by atoms with Crippen LogP contribution >= 0.6 is 0 Å². The first-order valence-corrected chi connectivity index (χ1v) is 26.1. The molecule has 1 N–H and O–H groups in total. The molecule has 1 heterocycles. The van der Waals surface area contributed by atoms with Crippen molar-refractivity contribution in [2.24, 2.45) is 4.99 Å². The smallest absolute Gasteiger partial charge is 0.336 e. The molecule has 62 heavy (non-hydrogen) atoms. The summed E-state index contributed by atoms with van der Waals surface area (Å²) in [7, 11) is 1.79. The van der Waals surface area contributed by atoms with Gasteiger partial charge in [0, 0.05) is 54.5 Å². The standard InChI is InChI=1S/C57H88N2O3/c1-4-6-8-10-12-14-16-18-20-22-24-26-28-30-32-36-44-59(45-37-33-31-29-27-25-23-21-19-17-15-13-11-9-7-5-2)49-41-43-53-55(47-49)62-54-46-48(58-3)40-42-52(54)56(53)50-38-34-35-39-51(50)57(60)61/h34-35,38-43,46-47H,4-33,36-37,44-45H2,1-3H3,(H,60,61). The molecule has 0 aromatic heterocycles. The number of hydrogen-bond donors (Lipinski definition) is 1. The first-order valence-electron chi connectivity index (χ1n) is 26.1. The number of benzene rings is 3. The van der Waals surface area contributed by atoms with Crippen molar-refractivity contribution < 1.29 is 14.3 Å². The number of nitrogens with zero attached hydrogens (tertiary/aromatic N) is 2. The Balaban J connectivity index is 1.31. The van der Waals surface area contributed by atoms with Crippen LogP contribution in [-0.4, -0.2) is 31.2 Å². The number of anilines is 1. The van der Waals surface area contributed by atoms with Gasteiger partial charge >= 0.3 is 5.97 Å². The van der Waals surface area contributed by atoms with E-state index >= 15 is 0 Å². The molecule has 0 unspecified atom stereocenters. The molecule has 1 aliphatic heterocycles. The van der Waals surface area contributed by atoms with Crippen LogP contribution in [0.1, 0.15) is 230 Å². The monoisotopic (exact) mass is 849 g/mol. The first kappa shape index (κ1) is 51.0. The Kier molecular flexibility index (Phi) is 26.4. The predicted octanol–water partition coefficient (Wildman–Crippen LogP) is 17.8. The Labute approximate surface area is 378 Å². The van der Waals surface area contributed by atoms with Gasteiger partial charge in [-0.2, -0.15) is 0 Å². The van der Waals surface area contributed by atoms with E-state index in [0.29, 0.717) is 11.1 Å². The van der Waals surface area contributed by atoms with Gasteiger partial charge in [-0.1, -0.05) is 225 Å². The molecule has 2 aromatic rings. The van der Waals surface area contributed by atoms with E-state index in [2.05, 4.69) is 41.9 Å². The molecule has 4 rings (SSSR count). The van der Waals surface area contributed by atoms with Crippen LogP contribution in [0.4, 0.5) is 5.69 Å². The van der Waals surface area contributed by atoms with Crippen molar-refractivity contribution in [2.45, 2.75) is 219 Å². The molecule has 0 fully saturated rings. The number of aromatic carboxylic acids is 1. The highest BCUT2D eigenvalue weighted by Crippen LogP contribution is 2.42. The number of hydrogen-bond acceptors (Lipinski definition) is 4. The highest BCUT2D eigenvalue weighted by atomic mass is 16.4. The molecule has 0 radical (unpaired) electrons. The molecule has 5 heteroatoms. The maximum atomic E-state index is 12.4. The van der Waals surface area contributed by atoms with E-state index in [1.54, 1.807) is 19.2 Å². The summed E-state index contributed by atoms with van der Waals surface area (Å²) in [5.74, 6) is -0.210. The third kappa shape index (κ3) is 19.0. The summed E-state index contributed by atoms with van der Waals surface area (Å²) in [4.78, 5) is 19.5. The Morgan fingerprint density at radius 2 is 0.952 bits per heavy atom. The zero-order valence-corrected chi connectivity index (χ0v) is 40.0. The molecule has 0 saturated heterocycles.